The van der Waals surface area contributed by atoms with Crippen LogP contribution < -0.4 is 21.8 Å². The van der Waals surface area contributed by atoms with Crippen molar-refractivity contribution in [2.45, 2.75) is 31.5 Å². The average Bonchev–Trinajstić information content (AvgIpc) is 3.14. The van der Waals surface area contributed by atoms with Gasteiger partial charge in [-0.05, 0) is 44.5 Å². The average molecular weight is 389 g/mol. The van der Waals surface area contributed by atoms with Crippen LogP contribution in [0.1, 0.15) is 24.8 Å². The summed E-state index contributed by atoms with van der Waals surface area (Å²) in [4.78, 5) is 10.5. The standard InChI is InChI=1S/C19H25F2N7/c20-12-5-8-27(10-12)17-2-1-16-19(26-17)18(14(21)9-25-16)15(22)11-28(23)13-3-6-24-7-4-13/h1-2,9,11-13,24H,3-8,10,22-23H2/b15-11-. The third-order valence-electron chi connectivity index (χ3n) is 5.41. The third kappa shape index (κ3) is 3.72. The van der Waals surface area contributed by atoms with Gasteiger partial charge in [-0.2, -0.15) is 0 Å². The van der Waals surface area contributed by atoms with E-state index in [9.17, 15) is 8.78 Å². The summed E-state index contributed by atoms with van der Waals surface area (Å²) in [7, 11) is 0. The zero-order valence-electron chi connectivity index (χ0n) is 15.6. The Morgan fingerprint density at radius 1 is 1.29 bits per heavy atom. The highest BCUT2D eigenvalue weighted by Gasteiger charge is 2.24. The van der Waals surface area contributed by atoms with Crippen LogP contribution in [0, 0.1) is 5.82 Å². The van der Waals surface area contributed by atoms with E-state index in [2.05, 4.69) is 15.3 Å². The Hall–Kier alpha value is -2.52. The Kier molecular flexibility index (Phi) is 5.27. The first kappa shape index (κ1) is 18.8. The molecule has 0 aromatic carbocycles. The lowest BCUT2D eigenvalue weighted by molar-refractivity contribution is 0.231. The number of hydrazine groups is 1. The maximum Gasteiger partial charge on any atom is 0.153 e. The minimum atomic E-state index is -0.872. The van der Waals surface area contributed by atoms with E-state index >= 15 is 0 Å². The number of halogens is 2. The van der Waals surface area contributed by atoms with E-state index in [0.29, 0.717) is 29.8 Å². The van der Waals surface area contributed by atoms with Crippen LogP contribution in [0.5, 0.6) is 0 Å². The van der Waals surface area contributed by atoms with Crippen LogP contribution in [0.2, 0.25) is 0 Å². The Balaban J connectivity index is 1.70. The normalized spacial score (nSPS) is 21.5. The van der Waals surface area contributed by atoms with E-state index < -0.39 is 12.0 Å². The lowest BCUT2D eigenvalue weighted by Crippen LogP contribution is -2.44. The first-order valence-electron chi connectivity index (χ1n) is 9.58. The summed E-state index contributed by atoms with van der Waals surface area (Å²) < 4.78 is 28.2. The molecule has 2 aliphatic heterocycles. The molecule has 2 aromatic heterocycles. The molecule has 4 heterocycles. The fourth-order valence-electron chi connectivity index (χ4n) is 3.85. The second kappa shape index (κ2) is 7.84. The Bertz CT molecular complexity index is 882. The molecule has 4 rings (SSSR count). The van der Waals surface area contributed by atoms with Crippen molar-refractivity contribution in [1.82, 2.24) is 20.3 Å². The molecule has 0 spiro atoms. The minimum absolute atomic E-state index is 0.144. The van der Waals surface area contributed by atoms with Gasteiger partial charge in [0.15, 0.2) is 5.82 Å². The molecule has 1 unspecified atom stereocenters. The maximum absolute atomic E-state index is 14.7. The zero-order valence-corrected chi connectivity index (χ0v) is 15.6. The van der Waals surface area contributed by atoms with Gasteiger partial charge >= 0.3 is 0 Å². The number of pyridine rings is 2. The number of nitrogens with zero attached hydrogens (tertiary/aromatic N) is 4. The predicted octanol–water partition coefficient (Wildman–Crippen LogP) is 1.50. The number of piperidine rings is 1. The maximum atomic E-state index is 14.7. The van der Waals surface area contributed by atoms with E-state index in [-0.39, 0.29) is 23.8 Å². The smallest absolute Gasteiger partial charge is 0.153 e. The molecule has 9 heteroatoms. The molecule has 7 nitrogen and oxygen atoms in total. The summed E-state index contributed by atoms with van der Waals surface area (Å²) in [6.45, 7) is 2.63. The van der Waals surface area contributed by atoms with Crippen molar-refractivity contribution in [3.63, 3.8) is 0 Å². The number of nitrogens with two attached hydrogens (primary N) is 2. The van der Waals surface area contributed by atoms with Crippen LogP contribution in [-0.4, -0.2) is 53.4 Å². The van der Waals surface area contributed by atoms with Crippen LogP contribution in [0.15, 0.2) is 24.5 Å². The molecule has 2 saturated heterocycles. The van der Waals surface area contributed by atoms with E-state index in [1.165, 1.54) is 0 Å². The third-order valence-corrected chi connectivity index (χ3v) is 5.41. The second-order valence-electron chi connectivity index (χ2n) is 7.36. The van der Waals surface area contributed by atoms with E-state index in [0.717, 1.165) is 32.1 Å². The van der Waals surface area contributed by atoms with E-state index in [4.69, 9.17) is 11.6 Å². The van der Waals surface area contributed by atoms with Crippen molar-refractivity contribution in [3.05, 3.63) is 35.9 Å². The molecular formula is C19H25F2N7. The molecule has 2 fully saturated rings. The molecule has 28 heavy (non-hydrogen) atoms. The van der Waals surface area contributed by atoms with Gasteiger partial charge in [0.1, 0.15) is 17.5 Å². The molecule has 0 bridgehead atoms. The summed E-state index contributed by atoms with van der Waals surface area (Å²) in [6.07, 6.45) is 4.08. The molecule has 2 aromatic rings. The van der Waals surface area contributed by atoms with Gasteiger partial charge in [-0.1, -0.05) is 0 Å². The van der Waals surface area contributed by atoms with Gasteiger partial charge in [-0.3, -0.25) is 4.98 Å². The first-order valence-corrected chi connectivity index (χ1v) is 9.58. The van der Waals surface area contributed by atoms with Crippen LogP contribution in [0.25, 0.3) is 16.7 Å². The van der Waals surface area contributed by atoms with Crippen molar-refractivity contribution in [2.75, 3.05) is 31.1 Å². The van der Waals surface area contributed by atoms with E-state index in [1.54, 1.807) is 23.3 Å². The summed E-state index contributed by atoms with van der Waals surface area (Å²) >= 11 is 0. The van der Waals surface area contributed by atoms with Gasteiger partial charge in [0, 0.05) is 18.8 Å². The second-order valence-corrected chi connectivity index (χ2v) is 7.36. The van der Waals surface area contributed by atoms with Gasteiger partial charge in [-0.25, -0.2) is 19.6 Å². The highest BCUT2D eigenvalue weighted by molar-refractivity contribution is 5.88. The van der Waals surface area contributed by atoms with Crippen LogP contribution in [-0.2, 0) is 0 Å². The molecular weight excluding hydrogens is 364 g/mol. The minimum Gasteiger partial charge on any atom is -0.397 e. The van der Waals surface area contributed by atoms with Gasteiger partial charge in [0.2, 0.25) is 0 Å². The summed E-state index contributed by atoms with van der Waals surface area (Å²) in [5, 5.41) is 4.84. The van der Waals surface area contributed by atoms with Crippen molar-refractivity contribution >= 4 is 22.5 Å². The molecule has 5 N–H and O–H groups in total. The number of fused-ring (bicyclic) bond motifs is 1. The largest absolute Gasteiger partial charge is 0.397 e. The predicted molar refractivity (Wildman–Crippen MR) is 105 cm³/mol. The van der Waals surface area contributed by atoms with Crippen molar-refractivity contribution in [3.8, 4) is 0 Å². The van der Waals surface area contributed by atoms with Crippen molar-refractivity contribution in [1.29, 1.82) is 0 Å². The monoisotopic (exact) mass is 389 g/mol. The highest BCUT2D eigenvalue weighted by atomic mass is 19.1. The summed E-state index contributed by atoms with van der Waals surface area (Å²) in [5.74, 6) is 6.20. The van der Waals surface area contributed by atoms with Crippen LogP contribution in [0.4, 0.5) is 14.6 Å². The lowest BCUT2D eigenvalue weighted by atomic mass is 10.1. The van der Waals surface area contributed by atoms with Gasteiger partial charge in [0.05, 0.1) is 29.5 Å². The molecule has 150 valence electrons. The lowest BCUT2D eigenvalue weighted by Gasteiger charge is -2.30. The van der Waals surface area contributed by atoms with Gasteiger partial charge in [0.25, 0.3) is 0 Å². The quantitative estimate of drug-likeness (QED) is 0.539. The first-order chi connectivity index (χ1) is 13.5. The molecule has 1 atom stereocenters. The number of hydrogen-bond acceptors (Lipinski definition) is 7. The molecule has 2 aliphatic rings. The zero-order chi connectivity index (χ0) is 19.7. The number of nitrogens with one attached hydrogen (secondary N) is 1. The Morgan fingerprint density at radius 3 is 2.79 bits per heavy atom. The van der Waals surface area contributed by atoms with Gasteiger partial charge < -0.3 is 21.0 Å². The number of anilines is 1. The number of hydrogen-bond donors (Lipinski definition) is 3. The SMILES string of the molecule is N/C(=C\N(N)C1CCNCC1)c1c(F)cnc2ccc(N3CCC(F)C3)nc12. The Labute approximate surface area is 162 Å². The van der Waals surface area contributed by atoms with Gasteiger partial charge in [-0.15, -0.1) is 0 Å². The van der Waals surface area contributed by atoms with E-state index in [1.807, 2.05) is 4.90 Å². The van der Waals surface area contributed by atoms with Crippen molar-refractivity contribution in [2.24, 2.45) is 11.6 Å². The molecule has 0 amide bonds. The van der Waals surface area contributed by atoms with Crippen LogP contribution in [0.3, 0.4) is 0 Å². The Morgan fingerprint density at radius 2 is 2.07 bits per heavy atom. The summed E-state index contributed by atoms with van der Waals surface area (Å²) in [5.41, 5.74) is 7.49. The number of alkyl halides is 1. The molecule has 0 radical (unpaired) electrons. The highest BCUT2D eigenvalue weighted by Crippen LogP contribution is 2.27. The molecule has 0 saturated carbocycles. The number of aromatic nitrogens is 2. The van der Waals surface area contributed by atoms with Crippen molar-refractivity contribution < 1.29 is 8.78 Å². The fourth-order valence-corrected chi connectivity index (χ4v) is 3.85. The van der Waals surface area contributed by atoms with Crippen LogP contribution >= 0.6 is 0 Å². The number of rotatable bonds is 4. The molecule has 0 aliphatic carbocycles. The fraction of sp³-hybridized carbons (Fsp3) is 0.474. The topological polar surface area (TPSA) is 96.3 Å². The summed E-state index contributed by atoms with van der Waals surface area (Å²) in [6, 6.07) is 3.68.